The Kier molecular flexibility index (Phi) is 2.72. The van der Waals surface area contributed by atoms with Crippen molar-refractivity contribution in [2.24, 2.45) is 0 Å². The van der Waals surface area contributed by atoms with Crippen molar-refractivity contribution in [2.45, 2.75) is 5.92 Å². The van der Waals surface area contributed by atoms with Gasteiger partial charge in [-0.1, -0.05) is 17.7 Å². The fraction of sp³-hybridized carbons (Fsp3) is 0.154. The van der Waals surface area contributed by atoms with Crippen molar-refractivity contribution in [2.75, 3.05) is 11.9 Å². The van der Waals surface area contributed by atoms with Gasteiger partial charge in [0.15, 0.2) is 5.78 Å². The molecule has 0 aliphatic carbocycles. The first-order chi connectivity index (χ1) is 8.75. The molecule has 1 unspecified atom stereocenters. The molecule has 4 nitrogen and oxygen atoms in total. The second kappa shape index (κ2) is 4.38. The van der Waals surface area contributed by atoms with Crippen molar-refractivity contribution < 1.29 is 4.79 Å². The molecular formula is C13H10ClN3O. The lowest BCUT2D eigenvalue weighted by Gasteiger charge is -2.08. The lowest BCUT2D eigenvalue weighted by Crippen LogP contribution is -2.15. The van der Waals surface area contributed by atoms with E-state index in [0.29, 0.717) is 17.3 Å². The van der Waals surface area contributed by atoms with E-state index in [1.807, 2.05) is 12.1 Å². The summed E-state index contributed by atoms with van der Waals surface area (Å²) in [4.78, 5) is 20.5. The van der Waals surface area contributed by atoms with Gasteiger partial charge in [0.2, 0.25) is 0 Å². The fourth-order valence-electron chi connectivity index (χ4n) is 2.11. The SMILES string of the molecule is O=C(c1ccc(Cl)nc1)C1CNc2ncccc21. The lowest BCUT2D eigenvalue weighted by molar-refractivity contribution is 0.0966. The van der Waals surface area contributed by atoms with Gasteiger partial charge in [0.1, 0.15) is 11.0 Å². The number of anilines is 1. The fourth-order valence-corrected chi connectivity index (χ4v) is 2.22. The highest BCUT2D eigenvalue weighted by Gasteiger charge is 2.29. The predicted molar refractivity (Wildman–Crippen MR) is 69.0 cm³/mol. The number of hydrogen-bond acceptors (Lipinski definition) is 4. The molecule has 3 rings (SSSR count). The number of halogens is 1. The highest BCUT2D eigenvalue weighted by Crippen LogP contribution is 2.31. The van der Waals surface area contributed by atoms with E-state index in [0.717, 1.165) is 11.4 Å². The number of carbonyl (C=O) groups excluding carboxylic acids is 1. The highest BCUT2D eigenvalue weighted by atomic mass is 35.5. The minimum atomic E-state index is -0.198. The molecule has 1 aliphatic heterocycles. The smallest absolute Gasteiger partial charge is 0.173 e. The number of pyridine rings is 2. The molecule has 0 radical (unpaired) electrons. The van der Waals surface area contributed by atoms with Crippen LogP contribution in [-0.2, 0) is 0 Å². The molecule has 0 bridgehead atoms. The number of aromatic nitrogens is 2. The molecule has 1 N–H and O–H groups in total. The van der Waals surface area contributed by atoms with Crippen molar-refractivity contribution >= 4 is 23.2 Å². The van der Waals surface area contributed by atoms with Gasteiger partial charge in [0.05, 0.1) is 5.92 Å². The minimum Gasteiger partial charge on any atom is -0.369 e. The van der Waals surface area contributed by atoms with Crippen molar-refractivity contribution in [3.05, 3.63) is 52.9 Å². The Morgan fingerprint density at radius 3 is 3.00 bits per heavy atom. The maximum Gasteiger partial charge on any atom is 0.173 e. The molecule has 0 fully saturated rings. The standard InChI is InChI=1S/C13H10ClN3O/c14-11-4-3-8(6-16-11)12(18)10-7-17-13-9(10)2-1-5-15-13/h1-6,10H,7H2,(H,15,17). The van der Waals surface area contributed by atoms with Crippen LogP contribution in [0.1, 0.15) is 21.8 Å². The third kappa shape index (κ3) is 1.84. The third-order valence-corrected chi connectivity index (χ3v) is 3.24. The Morgan fingerprint density at radius 1 is 1.33 bits per heavy atom. The Hall–Kier alpha value is -1.94. The van der Waals surface area contributed by atoms with Gasteiger partial charge in [-0.15, -0.1) is 0 Å². The molecule has 3 heterocycles. The van der Waals surface area contributed by atoms with E-state index < -0.39 is 0 Å². The van der Waals surface area contributed by atoms with Gasteiger partial charge in [-0.2, -0.15) is 0 Å². The summed E-state index contributed by atoms with van der Waals surface area (Å²) in [5.74, 6) is 0.632. The molecule has 0 spiro atoms. The Bertz CT molecular complexity index is 597. The first-order valence-electron chi connectivity index (χ1n) is 5.60. The average Bonchev–Trinajstić information content (AvgIpc) is 2.82. The van der Waals surface area contributed by atoms with Crippen LogP contribution in [0.5, 0.6) is 0 Å². The zero-order valence-electron chi connectivity index (χ0n) is 9.43. The molecule has 5 heteroatoms. The Labute approximate surface area is 109 Å². The van der Waals surface area contributed by atoms with Gasteiger partial charge >= 0.3 is 0 Å². The molecule has 2 aromatic heterocycles. The van der Waals surface area contributed by atoms with Crippen LogP contribution in [0.15, 0.2) is 36.7 Å². The van der Waals surface area contributed by atoms with Crippen molar-refractivity contribution in [3.63, 3.8) is 0 Å². The first kappa shape index (κ1) is 11.2. The van der Waals surface area contributed by atoms with Gasteiger partial charge in [0.25, 0.3) is 0 Å². The van der Waals surface area contributed by atoms with Crippen molar-refractivity contribution in [1.29, 1.82) is 0 Å². The molecule has 0 aromatic carbocycles. The monoisotopic (exact) mass is 259 g/mol. The number of nitrogens with one attached hydrogen (secondary N) is 1. The number of rotatable bonds is 2. The van der Waals surface area contributed by atoms with Crippen molar-refractivity contribution in [1.82, 2.24) is 9.97 Å². The van der Waals surface area contributed by atoms with Crippen LogP contribution in [0.2, 0.25) is 5.15 Å². The minimum absolute atomic E-state index is 0.0402. The number of carbonyl (C=O) groups is 1. The highest BCUT2D eigenvalue weighted by molar-refractivity contribution is 6.29. The summed E-state index contributed by atoms with van der Waals surface area (Å²) in [6.07, 6.45) is 3.22. The topological polar surface area (TPSA) is 54.9 Å². The van der Waals surface area contributed by atoms with E-state index in [-0.39, 0.29) is 11.7 Å². The number of fused-ring (bicyclic) bond motifs is 1. The van der Waals surface area contributed by atoms with Crippen LogP contribution in [0.4, 0.5) is 5.82 Å². The van der Waals surface area contributed by atoms with E-state index >= 15 is 0 Å². The van der Waals surface area contributed by atoms with Crippen LogP contribution < -0.4 is 5.32 Å². The van der Waals surface area contributed by atoms with Crippen LogP contribution in [0.3, 0.4) is 0 Å². The molecule has 2 aromatic rings. The predicted octanol–water partition coefficient (Wildman–Crippen LogP) is 2.52. The maximum atomic E-state index is 12.4. The van der Waals surface area contributed by atoms with Gasteiger partial charge in [-0.25, -0.2) is 9.97 Å². The second-order valence-corrected chi connectivity index (χ2v) is 4.50. The molecule has 0 saturated carbocycles. The number of ketones is 1. The summed E-state index contributed by atoms with van der Waals surface area (Å²) < 4.78 is 0. The van der Waals surface area contributed by atoms with Gasteiger partial charge in [-0.3, -0.25) is 4.79 Å². The van der Waals surface area contributed by atoms with Gasteiger partial charge in [0, 0.05) is 30.1 Å². The van der Waals surface area contributed by atoms with Crippen molar-refractivity contribution in [3.8, 4) is 0 Å². The number of nitrogens with zero attached hydrogens (tertiary/aromatic N) is 2. The van der Waals surface area contributed by atoms with Crippen LogP contribution in [-0.4, -0.2) is 22.3 Å². The zero-order chi connectivity index (χ0) is 12.5. The summed E-state index contributed by atoms with van der Waals surface area (Å²) in [5.41, 5.74) is 1.51. The molecular weight excluding hydrogens is 250 g/mol. The summed E-state index contributed by atoms with van der Waals surface area (Å²) in [6, 6.07) is 7.09. The van der Waals surface area contributed by atoms with E-state index in [2.05, 4.69) is 15.3 Å². The second-order valence-electron chi connectivity index (χ2n) is 4.11. The first-order valence-corrected chi connectivity index (χ1v) is 5.98. The van der Waals surface area contributed by atoms with Gasteiger partial charge < -0.3 is 5.32 Å². The summed E-state index contributed by atoms with van der Waals surface area (Å²) in [5, 5.41) is 3.52. The molecule has 18 heavy (non-hydrogen) atoms. The van der Waals surface area contributed by atoms with Gasteiger partial charge in [-0.05, 0) is 18.2 Å². The Balaban J connectivity index is 1.93. The van der Waals surface area contributed by atoms with E-state index in [1.54, 1.807) is 18.3 Å². The lowest BCUT2D eigenvalue weighted by atomic mass is 9.94. The maximum absolute atomic E-state index is 12.4. The summed E-state index contributed by atoms with van der Waals surface area (Å²) in [6.45, 7) is 0.577. The number of hydrogen-bond donors (Lipinski definition) is 1. The van der Waals surface area contributed by atoms with Crippen LogP contribution in [0.25, 0.3) is 0 Å². The third-order valence-electron chi connectivity index (χ3n) is 3.02. The molecule has 90 valence electrons. The average molecular weight is 260 g/mol. The largest absolute Gasteiger partial charge is 0.369 e. The molecule has 0 amide bonds. The van der Waals surface area contributed by atoms with E-state index in [4.69, 9.17) is 11.6 Å². The number of Topliss-reactive ketones (excluding diaryl/α,β-unsaturated/α-hetero) is 1. The van der Waals surface area contributed by atoms with Crippen LogP contribution in [0, 0.1) is 0 Å². The van der Waals surface area contributed by atoms with E-state index in [9.17, 15) is 4.79 Å². The zero-order valence-corrected chi connectivity index (χ0v) is 10.2. The van der Waals surface area contributed by atoms with E-state index in [1.165, 1.54) is 6.20 Å². The normalized spacial score (nSPS) is 17.1. The molecule has 1 atom stereocenters. The molecule has 0 saturated heterocycles. The summed E-state index contributed by atoms with van der Waals surface area (Å²) in [7, 11) is 0. The van der Waals surface area contributed by atoms with Crippen LogP contribution >= 0.6 is 11.6 Å². The quantitative estimate of drug-likeness (QED) is 0.665. The molecule has 1 aliphatic rings. The summed E-state index contributed by atoms with van der Waals surface area (Å²) >= 11 is 5.71. The Morgan fingerprint density at radius 2 is 2.22 bits per heavy atom.